The molecule has 0 aromatic carbocycles. The first kappa shape index (κ1) is 74.8. The fourth-order valence-electron chi connectivity index (χ4n) is 9.02. The smallest absolute Gasteiger partial charge is 0.306 e. The van der Waals surface area contributed by atoms with Crippen LogP contribution in [0.2, 0.25) is 0 Å². The molecule has 0 amide bonds. The molecule has 0 aromatic rings. The average molecular weight is 1100 g/mol. The molecule has 0 aromatic heterocycles. The van der Waals surface area contributed by atoms with Crippen molar-refractivity contribution >= 4 is 17.9 Å². The topological polar surface area (TPSA) is 78.9 Å². The predicted molar refractivity (Wildman–Crippen MR) is 343 cm³/mol. The zero-order valence-electron chi connectivity index (χ0n) is 51.6. The summed E-state index contributed by atoms with van der Waals surface area (Å²) >= 11 is 0. The van der Waals surface area contributed by atoms with Crippen molar-refractivity contribution in [1.82, 2.24) is 0 Å². The van der Waals surface area contributed by atoms with Gasteiger partial charge in [0, 0.05) is 19.3 Å². The van der Waals surface area contributed by atoms with Crippen molar-refractivity contribution in [3.05, 3.63) is 122 Å². The van der Waals surface area contributed by atoms with Crippen LogP contribution >= 0.6 is 0 Å². The number of allylic oxidation sites excluding steroid dienone is 20. The molecule has 0 saturated carbocycles. The van der Waals surface area contributed by atoms with Gasteiger partial charge in [-0.05, 0) is 116 Å². The molecule has 6 nitrogen and oxygen atoms in total. The SMILES string of the molecule is CC/C=C\C/C=C\C/C=C\C/C=C\C/C=C\C/C=C\C/C=C\CCCCCCCCCCCCCC(=O)OCC(COC(=O)CCCCCCCCCCC)OC(=O)CCCCCCCC/C=C\C/C=C\C/C=C\CCCCC. The van der Waals surface area contributed by atoms with Crippen molar-refractivity contribution in [2.45, 2.75) is 309 Å². The Morgan fingerprint density at radius 3 is 0.797 bits per heavy atom. The summed E-state index contributed by atoms with van der Waals surface area (Å²) in [6.07, 6.45) is 92.2. The lowest BCUT2D eigenvalue weighted by molar-refractivity contribution is -0.167. The molecule has 0 spiro atoms. The fraction of sp³-hybridized carbons (Fsp3) is 0.685. The third-order valence-corrected chi connectivity index (χ3v) is 14.0. The van der Waals surface area contributed by atoms with Crippen LogP contribution in [0, 0.1) is 0 Å². The molecule has 6 heteroatoms. The number of hydrogen-bond acceptors (Lipinski definition) is 6. The van der Waals surface area contributed by atoms with E-state index in [1.54, 1.807) is 0 Å². The minimum absolute atomic E-state index is 0.0831. The zero-order valence-corrected chi connectivity index (χ0v) is 51.6. The molecule has 0 heterocycles. The van der Waals surface area contributed by atoms with Crippen molar-refractivity contribution in [1.29, 1.82) is 0 Å². The van der Waals surface area contributed by atoms with Crippen LogP contribution in [0.1, 0.15) is 303 Å². The van der Waals surface area contributed by atoms with E-state index >= 15 is 0 Å². The standard InChI is InChI=1S/C73H122O6/c1-4-7-10-13-16-19-21-23-25-27-29-30-31-32-33-34-35-36-37-38-39-40-41-42-44-45-47-49-51-54-57-60-63-66-72(75)78-69-70(68-77-71(74)65-62-59-56-53-18-15-12-9-6-3)79-73(76)67-64-61-58-55-52-50-48-46-43-28-26-24-22-20-17-14-11-8-5-2/h7,10,16-17,19-20,23-26,29-30,32-33,35-36,38-39,43,46,70H,4-6,8-9,11-15,18,21-22,27-28,31,34,37,40-42,44-45,47-69H2,1-3H3/b10-7-,19-16-,20-17-,25-23-,26-24-,30-29-,33-32-,36-35-,39-38-,46-43-. The quantitative estimate of drug-likeness (QED) is 0.0261. The van der Waals surface area contributed by atoms with Crippen LogP contribution in [0.4, 0.5) is 0 Å². The molecule has 0 N–H and O–H groups in total. The Morgan fingerprint density at radius 2 is 0.494 bits per heavy atom. The first-order chi connectivity index (χ1) is 39.0. The Hall–Kier alpha value is -4.19. The number of unbranched alkanes of at least 4 members (excludes halogenated alkanes) is 28. The lowest BCUT2D eigenvalue weighted by atomic mass is 10.0. The van der Waals surface area contributed by atoms with Crippen LogP contribution < -0.4 is 0 Å². The summed E-state index contributed by atoms with van der Waals surface area (Å²) in [5.41, 5.74) is 0. The number of carbonyl (C=O) groups excluding carboxylic acids is 3. The molecular formula is C73H122O6. The highest BCUT2D eigenvalue weighted by molar-refractivity contribution is 5.71. The van der Waals surface area contributed by atoms with E-state index in [4.69, 9.17) is 14.2 Å². The summed E-state index contributed by atoms with van der Waals surface area (Å²) in [5.74, 6) is -0.896. The van der Waals surface area contributed by atoms with Gasteiger partial charge < -0.3 is 14.2 Å². The van der Waals surface area contributed by atoms with Gasteiger partial charge in [-0.1, -0.05) is 290 Å². The number of hydrogen-bond donors (Lipinski definition) is 0. The van der Waals surface area contributed by atoms with Gasteiger partial charge in [0.25, 0.3) is 0 Å². The van der Waals surface area contributed by atoms with E-state index in [1.807, 2.05) is 0 Å². The summed E-state index contributed by atoms with van der Waals surface area (Å²) in [5, 5.41) is 0. The van der Waals surface area contributed by atoms with Crippen LogP contribution in [0.3, 0.4) is 0 Å². The minimum Gasteiger partial charge on any atom is -0.462 e. The number of rotatable bonds is 59. The van der Waals surface area contributed by atoms with Crippen molar-refractivity contribution in [2.75, 3.05) is 13.2 Å². The van der Waals surface area contributed by atoms with E-state index in [1.165, 1.54) is 135 Å². The van der Waals surface area contributed by atoms with E-state index in [9.17, 15) is 14.4 Å². The second kappa shape index (κ2) is 66.3. The molecule has 0 bridgehead atoms. The third-order valence-electron chi connectivity index (χ3n) is 14.0. The summed E-state index contributed by atoms with van der Waals surface area (Å²) in [7, 11) is 0. The number of carbonyl (C=O) groups is 3. The molecule has 0 aliphatic rings. The Labute approximate surface area is 488 Å². The second-order valence-electron chi connectivity index (χ2n) is 21.6. The monoisotopic (exact) mass is 1090 g/mol. The maximum atomic E-state index is 12.9. The molecule has 0 saturated heterocycles. The normalized spacial score (nSPS) is 12.9. The van der Waals surface area contributed by atoms with Gasteiger partial charge in [-0.25, -0.2) is 0 Å². The van der Waals surface area contributed by atoms with E-state index in [2.05, 4.69) is 142 Å². The maximum Gasteiger partial charge on any atom is 0.306 e. The Morgan fingerprint density at radius 1 is 0.266 bits per heavy atom. The summed E-state index contributed by atoms with van der Waals surface area (Å²) in [6, 6.07) is 0. The van der Waals surface area contributed by atoms with Crippen LogP contribution in [-0.4, -0.2) is 37.2 Å². The summed E-state index contributed by atoms with van der Waals surface area (Å²) < 4.78 is 16.9. The van der Waals surface area contributed by atoms with Crippen molar-refractivity contribution in [2.24, 2.45) is 0 Å². The Bertz CT molecular complexity index is 1640. The molecule has 1 unspecified atom stereocenters. The molecule has 0 aliphatic heterocycles. The molecule has 0 aliphatic carbocycles. The highest BCUT2D eigenvalue weighted by Crippen LogP contribution is 2.16. The van der Waals surface area contributed by atoms with Gasteiger partial charge in [0.05, 0.1) is 0 Å². The highest BCUT2D eigenvalue weighted by atomic mass is 16.6. The van der Waals surface area contributed by atoms with Gasteiger partial charge in [-0.2, -0.15) is 0 Å². The number of ether oxygens (including phenoxy) is 3. The number of esters is 3. The van der Waals surface area contributed by atoms with Gasteiger partial charge >= 0.3 is 17.9 Å². The van der Waals surface area contributed by atoms with Crippen LogP contribution in [0.15, 0.2) is 122 Å². The highest BCUT2D eigenvalue weighted by Gasteiger charge is 2.19. The van der Waals surface area contributed by atoms with Crippen molar-refractivity contribution < 1.29 is 28.6 Å². The molecule has 450 valence electrons. The largest absolute Gasteiger partial charge is 0.462 e. The molecule has 79 heavy (non-hydrogen) atoms. The minimum atomic E-state index is -0.786. The molecule has 0 radical (unpaired) electrons. The van der Waals surface area contributed by atoms with Crippen molar-refractivity contribution in [3.63, 3.8) is 0 Å². The summed E-state index contributed by atoms with van der Waals surface area (Å²) in [4.78, 5) is 38.2. The second-order valence-corrected chi connectivity index (χ2v) is 21.6. The average Bonchev–Trinajstić information content (AvgIpc) is 3.45. The lowest BCUT2D eigenvalue weighted by Crippen LogP contribution is -2.30. The Balaban J connectivity index is 4.19. The van der Waals surface area contributed by atoms with Gasteiger partial charge in [0.1, 0.15) is 13.2 Å². The maximum absolute atomic E-state index is 12.9. The first-order valence-corrected chi connectivity index (χ1v) is 33.0. The lowest BCUT2D eigenvalue weighted by Gasteiger charge is -2.18. The van der Waals surface area contributed by atoms with Crippen LogP contribution in [0.5, 0.6) is 0 Å². The Kier molecular flexibility index (Phi) is 62.8. The molecular weight excluding hydrogens is 973 g/mol. The van der Waals surface area contributed by atoms with Crippen LogP contribution in [-0.2, 0) is 28.6 Å². The van der Waals surface area contributed by atoms with Gasteiger partial charge in [-0.3, -0.25) is 14.4 Å². The molecule has 1 atom stereocenters. The zero-order chi connectivity index (χ0) is 57.1. The van der Waals surface area contributed by atoms with E-state index in [0.717, 1.165) is 128 Å². The van der Waals surface area contributed by atoms with E-state index < -0.39 is 6.10 Å². The molecule has 0 rings (SSSR count). The van der Waals surface area contributed by atoms with Gasteiger partial charge in [0.15, 0.2) is 6.10 Å². The van der Waals surface area contributed by atoms with Crippen molar-refractivity contribution in [3.8, 4) is 0 Å². The third kappa shape index (κ3) is 64.5. The fourth-order valence-corrected chi connectivity index (χ4v) is 9.02. The summed E-state index contributed by atoms with van der Waals surface area (Å²) in [6.45, 7) is 6.48. The van der Waals surface area contributed by atoms with Crippen LogP contribution in [0.25, 0.3) is 0 Å². The first-order valence-electron chi connectivity index (χ1n) is 33.0. The molecule has 0 fully saturated rings. The van der Waals surface area contributed by atoms with Gasteiger partial charge in [0.2, 0.25) is 0 Å². The van der Waals surface area contributed by atoms with E-state index in [0.29, 0.717) is 19.3 Å². The van der Waals surface area contributed by atoms with E-state index in [-0.39, 0.29) is 31.1 Å². The predicted octanol–water partition coefficient (Wildman–Crippen LogP) is 22.8. The van der Waals surface area contributed by atoms with Gasteiger partial charge in [-0.15, -0.1) is 0 Å².